The van der Waals surface area contributed by atoms with Crippen molar-refractivity contribution in [2.24, 2.45) is 0 Å². The van der Waals surface area contributed by atoms with Crippen molar-refractivity contribution in [2.75, 3.05) is 0 Å². The molecule has 0 aliphatic carbocycles. The molecule has 0 bridgehead atoms. The summed E-state index contributed by atoms with van der Waals surface area (Å²) in [7, 11) is 0. The lowest BCUT2D eigenvalue weighted by Crippen LogP contribution is -2.70. The van der Waals surface area contributed by atoms with Crippen LogP contribution in [-0.4, -0.2) is 55.2 Å². The summed E-state index contributed by atoms with van der Waals surface area (Å²) in [6.07, 6.45) is 0. The number of amides is 2. The second kappa shape index (κ2) is 6.58. The van der Waals surface area contributed by atoms with Gasteiger partial charge in [0.15, 0.2) is 0 Å². The number of carboxylic acids is 1. The lowest BCUT2D eigenvalue weighted by Gasteiger charge is -2.43. The van der Waals surface area contributed by atoms with E-state index >= 15 is 0 Å². The maximum Gasteiger partial charge on any atom is 0.327 e. The second-order valence-electron chi connectivity index (χ2n) is 7.49. The Kier molecular flexibility index (Phi) is 4.41. The van der Waals surface area contributed by atoms with Gasteiger partial charge in [-0.05, 0) is 32.9 Å². The van der Waals surface area contributed by atoms with Crippen LogP contribution in [0.2, 0.25) is 0 Å². The number of carbonyl (C=O) groups is 3. The lowest BCUT2D eigenvalue weighted by atomic mass is 9.95. The van der Waals surface area contributed by atoms with E-state index in [1.165, 1.54) is 41.8 Å². The number of β-lactam (4-membered cyclic amide) rings is 1. The van der Waals surface area contributed by atoms with E-state index in [-0.39, 0.29) is 22.6 Å². The number of aromatic nitrogens is 1. The fourth-order valence-corrected chi connectivity index (χ4v) is 5.46. The molecule has 1 aromatic heterocycles. The second-order valence-corrected chi connectivity index (χ2v) is 9.26. The zero-order chi connectivity index (χ0) is 21.1. The van der Waals surface area contributed by atoms with Gasteiger partial charge in [-0.1, -0.05) is 17.3 Å². The Morgan fingerprint density at radius 1 is 1.34 bits per heavy atom. The molecule has 0 saturated carbocycles. The van der Waals surface area contributed by atoms with Gasteiger partial charge < -0.3 is 19.8 Å². The number of hydrogen-bond acceptors (Lipinski definition) is 6. The van der Waals surface area contributed by atoms with Crippen LogP contribution in [0.25, 0.3) is 11.3 Å². The molecule has 4 rings (SSSR count). The Bertz CT molecular complexity index is 1040. The minimum atomic E-state index is -1.08. The molecule has 2 N–H and O–H groups in total. The lowest BCUT2D eigenvalue weighted by molar-refractivity contribution is -0.159. The van der Waals surface area contributed by atoms with Gasteiger partial charge in [0, 0.05) is 10.3 Å². The summed E-state index contributed by atoms with van der Waals surface area (Å²) in [6, 6.07) is 4.01. The quantitative estimate of drug-likeness (QED) is 0.729. The van der Waals surface area contributed by atoms with Crippen molar-refractivity contribution in [1.82, 2.24) is 15.4 Å². The van der Waals surface area contributed by atoms with Gasteiger partial charge in [-0.25, -0.2) is 9.18 Å². The maximum absolute atomic E-state index is 14.2. The number of thioether (sulfide) groups is 1. The highest BCUT2D eigenvalue weighted by atomic mass is 32.2. The summed E-state index contributed by atoms with van der Waals surface area (Å²) in [5.74, 6) is -2.54. The summed E-state index contributed by atoms with van der Waals surface area (Å²) >= 11 is 1.32. The van der Waals surface area contributed by atoms with Gasteiger partial charge in [0.05, 0.1) is 0 Å². The maximum atomic E-state index is 14.2. The normalized spacial score (nSPS) is 24.8. The van der Waals surface area contributed by atoms with Crippen LogP contribution in [0, 0.1) is 12.7 Å². The molecule has 2 aliphatic rings. The Morgan fingerprint density at radius 2 is 2.03 bits per heavy atom. The summed E-state index contributed by atoms with van der Waals surface area (Å²) in [4.78, 5) is 38.4. The molecule has 0 radical (unpaired) electrons. The van der Waals surface area contributed by atoms with Crippen molar-refractivity contribution < 1.29 is 28.4 Å². The monoisotopic (exact) mass is 419 g/mol. The molecule has 0 spiro atoms. The van der Waals surface area contributed by atoms with Crippen molar-refractivity contribution in [3.8, 4) is 11.3 Å². The molecular weight excluding hydrogens is 401 g/mol. The van der Waals surface area contributed by atoms with E-state index in [2.05, 4.69) is 10.5 Å². The molecule has 3 atom stereocenters. The van der Waals surface area contributed by atoms with Crippen LogP contribution >= 0.6 is 11.8 Å². The van der Waals surface area contributed by atoms with Crippen LogP contribution in [0.4, 0.5) is 4.39 Å². The highest BCUT2D eigenvalue weighted by Gasteiger charge is 2.64. The number of benzene rings is 1. The highest BCUT2D eigenvalue weighted by molar-refractivity contribution is 8.01. The van der Waals surface area contributed by atoms with Crippen molar-refractivity contribution in [3.05, 3.63) is 41.4 Å². The first kappa shape index (κ1) is 19.4. The van der Waals surface area contributed by atoms with Crippen LogP contribution in [0.5, 0.6) is 0 Å². The largest absolute Gasteiger partial charge is 0.480 e. The minimum Gasteiger partial charge on any atom is -0.480 e. The fraction of sp³-hybridized carbons (Fsp3) is 0.368. The first-order chi connectivity index (χ1) is 13.6. The average Bonchev–Trinajstić information content (AvgIpc) is 3.15. The van der Waals surface area contributed by atoms with Crippen LogP contribution in [-0.2, 0) is 9.59 Å². The zero-order valence-electron chi connectivity index (χ0n) is 15.8. The van der Waals surface area contributed by atoms with E-state index in [1.807, 2.05) is 0 Å². The van der Waals surface area contributed by atoms with Crippen LogP contribution in [0.3, 0.4) is 0 Å². The van der Waals surface area contributed by atoms with Crippen LogP contribution in [0.1, 0.15) is 30.0 Å². The first-order valence-electron chi connectivity index (χ1n) is 8.88. The van der Waals surface area contributed by atoms with Crippen LogP contribution < -0.4 is 5.32 Å². The average molecular weight is 419 g/mol. The number of nitrogens with zero attached hydrogens (tertiary/aromatic N) is 2. The SMILES string of the molecule is Cc1onc(-c2ccccc2F)c1C(=O)N[C@@H]1C(=O)N2[C@@H]1SC(C)(C)[C@@H]2C(=O)O. The number of rotatable bonds is 4. The summed E-state index contributed by atoms with van der Waals surface area (Å²) in [5, 5.41) is 15.4. The topological polar surface area (TPSA) is 113 Å². The Labute approximate surface area is 169 Å². The first-order valence-corrected chi connectivity index (χ1v) is 9.76. The number of aliphatic carboxylic acids is 1. The third-order valence-electron chi connectivity index (χ3n) is 5.18. The van der Waals surface area contributed by atoms with E-state index in [0.717, 1.165) is 0 Å². The molecule has 29 heavy (non-hydrogen) atoms. The molecule has 2 aliphatic heterocycles. The molecule has 10 heteroatoms. The fourth-order valence-electron chi connectivity index (χ4n) is 3.84. The van der Waals surface area contributed by atoms with E-state index in [0.29, 0.717) is 0 Å². The standard InChI is InChI=1S/C19H18FN3O5S/c1-8-11(12(22-28-8)9-6-4-5-7-10(9)20)15(24)21-13-16(25)23-14(18(26)27)19(2,3)29-17(13)23/h4-7,13-14,17H,1-3H3,(H,21,24)(H,26,27)/t13-,14+,17-/m1/s1. The molecule has 2 fully saturated rings. The van der Waals surface area contributed by atoms with E-state index < -0.39 is 45.8 Å². The minimum absolute atomic E-state index is 0.0402. The molecule has 152 valence electrons. The molecular formula is C19H18FN3O5S. The number of aryl methyl sites for hydroxylation is 1. The Hall–Kier alpha value is -2.88. The number of carbonyl (C=O) groups excluding carboxylic acids is 2. The van der Waals surface area contributed by atoms with E-state index in [4.69, 9.17) is 4.52 Å². The molecule has 3 heterocycles. The highest BCUT2D eigenvalue weighted by Crippen LogP contribution is 2.50. The third kappa shape index (κ3) is 2.89. The predicted molar refractivity (Wildman–Crippen MR) is 102 cm³/mol. The van der Waals surface area contributed by atoms with Crippen molar-refractivity contribution in [3.63, 3.8) is 0 Å². The number of halogens is 1. The van der Waals surface area contributed by atoms with Crippen molar-refractivity contribution >= 4 is 29.5 Å². The molecule has 1 aromatic carbocycles. The van der Waals surface area contributed by atoms with Crippen LogP contribution in [0.15, 0.2) is 28.8 Å². The predicted octanol–water partition coefficient (Wildman–Crippen LogP) is 2.03. The van der Waals surface area contributed by atoms with Gasteiger partial charge in [0.1, 0.15) is 40.3 Å². The molecule has 0 unspecified atom stereocenters. The van der Waals surface area contributed by atoms with Gasteiger partial charge >= 0.3 is 5.97 Å². The van der Waals surface area contributed by atoms with Crippen molar-refractivity contribution in [2.45, 2.75) is 43.0 Å². The molecule has 2 aromatic rings. The third-order valence-corrected chi connectivity index (χ3v) is 6.75. The molecule has 2 amide bonds. The zero-order valence-corrected chi connectivity index (χ0v) is 16.6. The summed E-state index contributed by atoms with van der Waals surface area (Å²) in [6.45, 7) is 5.03. The Balaban J connectivity index is 1.60. The van der Waals surface area contributed by atoms with Gasteiger partial charge in [0.25, 0.3) is 5.91 Å². The van der Waals surface area contributed by atoms with Crippen molar-refractivity contribution in [1.29, 1.82) is 0 Å². The van der Waals surface area contributed by atoms with Gasteiger partial charge in [-0.15, -0.1) is 11.8 Å². The van der Waals surface area contributed by atoms with E-state index in [9.17, 15) is 23.9 Å². The van der Waals surface area contributed by atoms with Gasteiger partial charge in [-0.3, -0.25) is 9.59 Å². The molecule has 2 saturated heterocycles. The smallest absolute Gasteiger partial charge is 0.327 e. The summed E-state index contributed by atoms with van der Waals surface area (Å²) in [5.41, 5.74) is 0.196. The number of carboxylic acid groups (broad SMARTS) is 1. The number of hydrogen-bond donors (Lipinski definition) is 2. The Morgan fingerprint density at radius 3 is 2.69 bits per heavy atom. The number of fused-ring (bicyclic) bond motifs is 1. The van der Waals surface area contributed by atoms with Gasteiger partial charge in [-0.2, -0.15) is 0 Å². The summed E-state index contributed by atoms with van der Waals surface area (Å²) < 4.78 is 18.6. The van der Waals surface area contributed by atoms with Gasteiger partial charge in [0.2, 0.25) is 5.91 Å². The molecule has 8 nitrogen and oxygen atoms in total. The van der Waals surface area contributed by atoms with E-state index in [1.54, 1.807) is 19.9 Å². The number of nitrogens with one attached hydrogen (secondary N) is 1.